The highest BCUT2D eigenvalue weighted by Gasteiger charge is 2.14. The third-order valence-corrected chi connectivity index (χ3v) is 3.61. The standard InChI is InChI=1S/C18H24N4O2/c1-5-10-22-13(4)16(11-19-22)18(24)21-15-8-6-14(7-9-15)17(23)20-12(2)3/h6-9,11-12H,5,10H2,1-4H3,(H,20,23)(H,21,24). The van der Waals surface area contributed by atoms with Gasteiger partial charge in [-0.1, -0.05) is 6.92 Å². The maximum Gasteiger partial charge on any atom is 0.259 e. The topological polar surface area (TPSA) is 76.0 Å². The fourth-order valence-corrected chi connectivity index (χ4v) is 2.36. The van der Waals surface area contributed by atoms with Crippen LogP contribution < -0.4 is 10.6 Å². The number of carbonyl (C=O) groups is 2. The lowest BCUT2D eigenvalue weighted by atomic mass is 10.1. The maximum atomic E-state index is 12.4. The van der Waals surface area contributed by atoms with Crippen LogP contribution >= 0.6 is 0 Å². The van der Waals surface area contributed by atoms with Crippen molar-refractivity contribution in [2.75, 3.05) is 5.32 Å². The summed E-state index contributed by atoms with van der Waals surface area (Å²) in [4.78, 5) is 24.3. The van der Waals surface area contributed by atoms with Gasteiger partial charge in [-0.2, -0.15) is 5.10 Å². The molecule has 0 saturated carbocycles. The number of aromatic nitrogens is 2. The summed E-state index contributed by atoms with van der Waals surface area (Å²) < 4.78 is 1.83. The number of carbonyl (C=O) groups excluding carboxylic acids is 2. The van der Waals surface area contributed by atoms with Crippen LogP contribution in [0.5, 0.6) is 0 Å². The summed E-state index contributed by atoms with van der Waals surface area (Å²) in [5.41, 5.74) is 2.62. The number of aryl methyl sites for hydroxylation is 1. The van der Waals surface area contributed by atoms with Crippen LogP contribution in [0, 0.1) is 6.92 Å². The molecule has 1 aromatic heterocycles. The van der Waals surface area contributed by atoms with Crippen LogP contribution in [0.4, 0.5) is 5.69 Å². The molecule has 0 atom stereocenters. The molecule has 0 aliphatic rings. The number of anilines is 1. The van der Waals surface area contributed by atoms with Crippen molar-refractivity contribution in [1.82, 2.24) is 15.1 Å². The molecule has 0 unspecified atom stereocenters. The van der Waals surface area contributed by atoms with Crippen LogP contribution in [-0.2, 0) is 6.54 Å². The monoisotopic (exact) mass is 328 g/mol. The Morgan fingerprint density at radius 2 is 1.83 bits per heavy atom. The summed E-state index contributed by atoms with van der Waals surface area (Å²) in [5, 5.41) is 9.90. The molecule has 2 rings (SSSR count). The predicted octanol–water partition coefficient (Wildman–Crippen LogP) is 2.99. The maximum absolute atomic E-state index is 12.4. The molecule has 0 saturated heterocycles. The van der Waals surface area contributed by atoms with Crippen LogP contribution in [0.25, 0.3) is 0 Å². The Morgan fingerprint density at radius 3 is 2.42 bits per heavy atom. The Balaban J connectivity index is 2.06. The second kappa shape index (κ2) is 7.77. The van der Waals surface area contributed by atoms with Crippen LogP contribution in [0.2, 0.25) is 0 Å². The van der Waals surface area contributed by atoms with Crippen molar-refractivity contribution in [3.05, 3.63) is 47.3 Å². The van der Waals surface area contributed by atoms with Gasteiger partial charge in [0.1, 0.15) is 0 Å². The minimum absolute atomic E-state index is 0.0829. The second-order valence-electron chi connectivity index (χ2n) is 6.03. The Kier molecular flexibility index (Phi) is 5.73. The Hall–Kier alpha value is -2.63. The third kappa shape index (κ3) is 4.22. The molecule has 6 heteroatoms. The molecule has 2 aromatic rings. The molecule has 0 aliphatic carbocycles. The van der Waals surface area contributed by atoms with Crippen LogP contribution in [0.3, 0.4) is 0 Å². The molecule has 6 nitrogen and oxygen atoms in total. The van der Waals surface area contributed by atoms with Gasteiger partial charge in [-0.15, -0.1) is 0 Å². The van der Waals surface area contributed by atoms with Crippen molar-refractivity contribution >= 4 is 17.5 Å². The zero-order valence-corrected chi connectivity index (χ0v) is 14.6. The highest BCUT2D eigenvalue weighted by Crippen LogP contribution is 2.14. The average molecular weight is 328 g/mol. The molecule has 128 valence electrons. The normalized spacial score (nSPS) is 10.7. The van der Waals surface area contributed by atoms with Gasteiger partial charge in [0.25, 0.3) is 11.8 Å². The van der Waals surface area contributed by atoms with Crippen molar-refractivity contribution in [3.63, 3.8) is 0 Å². The largest absolute Gasteiger partial charge is 0.350 e. The molecule has 2 amide bonds. The van der Waals surface area contributed by atoms with E-state index >= 15 is 0 Å². The Morgan fingerprint density at radius 1 is 1.17 bits per heavy atom. The zero-order valence-electron chi connectivity index (χ0n) is 14.6. The lowest BCUT2D eigenvalue weighted by Crippen LogP contribution is -2.30. The van der Waals surface area contributed by atoms with Gasteiger partial charge in [-0.3, -0.25) is 14.3 Å². The number of hydrogen-bond acceptors (Lipinski definition) is 3. The van der Waals surface area contributed by atoms with Gasteiger partial charge in [-0.25, -0.2) is 0 Å². The van der Waals surface area contributed by atoms with E-state index in [0.717, 1.165) is 18.7 Å². The number of amides is 2. The SMILES string of the molecule is CCCn1ncc(C(=O)Nc2ccc(C(=O)NC(C)C)cc2)c1C. The average Bonchev–Trinajstić information content (AvgIpc) is 2.89. The smallest absolute Gasteiger partial charge is 0.259 e. The van der Waals surface area contributed by atoms with Crippen molar-refractivity contribution in [3.8, 4) is 0 Å². The van der Waals surface area contributed by atoms with Gasteiger partial charge in [0.15, 0.2) is 0 Å². The minimum atomic E-state index is -0.200. The van der Waals surface area contributed by atoms with Crippen molar-refractivity contribution in [1.29, 1.82) is 0 Å². The van der Waals surface area contributed by atoms with Crippen LogP contribution in [-0.4, -0.2) is 27.6 Å². The number of rotatable bonds is 6. The first-order valence-electron chi connectivity index (χ1n) is 8.17. The fourth-order valence-electron chi connectivity index (χ4n) is 2.36. The molecule has 24 heavy (non-hydrogen) atoms. The first-order valence-corrected chi connectivity index (χ1v) is 8.17. The molecule has 0 radical (unpaired) electrons. The molecule has 0 spiro atoms. The van der Waals surface area contributed by atoms with E-state index in [4.69, 9.17) is 0 Å². The van der Waals surface area contributed by atoms with Crippen molar-refractivity contribution in [2.24, 2.45) is 0 Å². The van der Waals surface area contributed by atoms with Gasteiger partial charge in [0.05, 0.1) is 11.8 Å². The van der Waals surface area contributed by atoms with Crippen LogP contribution in [0.1, 0.15) is 53.6 Å². The van der Waals surface area contributed by atoms with Crippen LogP contribution in [0.15, 0.2) is 30.5 Å². The first-order chi connectivity index (χ1) is 11.4. The molecule has 0 fully saturated rings. The summed E-state index contributed by atoms with van der Waals surface area (Å²) in [6.07, 6.45) is 2.55. The zero-order chi connectivity index (χ0) is 17.7. The second-order valence-corrected chi connectivity index (χ2v) is 6.03. The summed E-state index contributed by atoms with van der Waals surface area (Å²) in [5.74, 6) is -0.325. The summed E-state index contributed by atoms with van der Waals surface area (Å²) in [7, 11) is 0. The minimum Gasteiger partial charge on any atom is -0.350 e. The number of nitrogens with zero attached hydrogens (tertiary/aromatic N) is 2. The van der Waals surface area contributed by atoms with E-state index < -0.39 is 0 Å². The highest BCUT2D eigenvalue weighted by atomic mass is 16.2. The van der Waals surface area contributed by atoms with E-state index in [1.807, 2.05) is 25.5 Å². The van der Waals surface area contributed by atoms with E-state index in [0.29, 0.717) is 16.8 Å². The molecule has 2 N–H and O–H groups in total. The van der Waals surface area contributed by atoms with E-state index in [2.05, 4.69) is 22.7 Å². The first kappa shape index (κ1) is 17.7. The number of hydrogen-bond donors (Lipinski definition) is 2. The summed E-state index contributed by atoms with van der Waals surface area (Å²) in [6.45, 7) is 8.56. The van der Waals surface area contributed by atoms with E-state index in [9.17, 15) is 9.59 Å². The summed E-state index contributed by atoms with van der Waals surface area (Å²) in [6, 6.07) is 6.92. The molecule has 1 heterocycles. The van der Waals surface area contributed by atoms with Gasteiger partial charge in [-0.05, 0) is 51.5 Å². The summed E-state index contributed by atoms with van der Waals surface area (Å²) >= 11 is 0. The molecule has 0 bridgehead atoms. The lowest BCUT2D eigenvalue weighted by Gasteiger charge is -2.09. The molecule has 0 aliphatic heterocycles. The quantitative estimate of drug-likeness (QED) is 0.856. The Bertz CT molecular complexity index is 717. The van der Waals surface area contributed by atoms with Crippen molar-refractivity contribution < 1.29 is 9.59 Å². The van der Waals surface area contributed by atoms with Crippen molar-refractivity contribution in [2.45, 2.75) is 46.7 Å². The molecular weight excluding hydrogens is 304 g/mol. The highest BCUT2D eigenvalue weighted by molar-refractivity contribution is 6.05. The lowest BCUT2D eigenvalue weighted by molar-refractivity contribution is 0.0942. The van der Waals surface area contributed by atoms with E-state index in [-0.39, 0.29) is 17.9 Å². The Labute approximate surface area is 142 Å². The van der Waals surface area contributed by atoms with Gasteiger partial charge >= 0.3 is 0 Å². The number of nitrogens with one attached hydrogen (secondary N) is 2. The number of benzene rings is 1. The molecular formula is C18H24N4O2. The van der Waals surface area contributed by atoms with Gasteiger partial charge < -0.3 is 10.6 Å². The predicted molar refractivity (Wildman–Crippen MR) is 94.3 cm³/mol. The van der Waals surface area contributed by atoms with E-state index in [1.54, 1.807) is 30.5 Å². The molecule has 1 aromatic carbocycles. The third-order valence-electron chi connectivity index (χ3n) is 3.61. The fraction of sp³-hybridized carbons (Fsp3) is 0.389. The van der Waals surface area contributed by atoms with Gasteiger partial charge in [0, 0.05) is 29.5 Å². The van der Waals surface area contributed by atoms with Gasteiger partial charge in [0.2, 0.25) is 0 Å². The van der Waals surface area contributed by atoms with E-state index in [1.165, 1.54) is 0 Å².